The van der Waals surface area contributed by atoms with Crippen molar-refractivity contribution < 1.29 is 15.0 Å². The first-order valence-electron chi connectivity index (χ1n) is 9.09. The van der Waals surface area contributed by atoms with Gasteiger partial charge in [0.2, 0.25) is 0 Å². The lowest BCUT2D eigenvalue weighted by molar-refractivity contribution is -0.141. The molecule has 0 amide bonds. The predicted molar refractivity (Wildman–Crippen MR) is 95.1 cm³/mol. The van der Waals surface area contributed by atoms with E-state index in [0.29, 0.717) is 18.6 Å². The first kappa shape index (κ1) is 19.5. The zero-order valence-electron chi connectivity index (χ0n) is 14.9. The number of phenols is 1. The van der Waals surface area contributed by atoms with Crippen LogP contribution in [0.25, 0.3) is 0 Å². The quantitative estimate of drug-likeness (QED) is 0.595. The van der Waals surface area contributed by atoms with E-state index in [1.807, 2.05) is 19.1 Å². The van der Waals surface area contributed by atoms with E-state index in [1.165, 1.54) is 0 Å². The molecule has 3 nitrogen and oxygen atoms in total. The summed E-state index contributed by atoms with van der Waals surface area (Å²) < 4.78 is 0. The van der Waals surface area contributed by atoms with Crippen LogP contribution in [0.15, 0.2) is 12.1 Å². The summed E-state index contributed by atoms with van der Waals surface area (Å²) in [6, 6.07) is 4.04. The number of rotatable bonds is 11. The molecule has 1 aromatic rings. The summed E-state index contributed by atoms with van der Waals surface area (Å²) in [6.45, 7) is 6.30. The van der Waals surface area contributed by atoms with Gasteiger partial charge in [0, 0.05) is 0 Å². The highest BCUT2D eigenvalue weighted by atomic mass is 16.4. The molecule has 0 saturated carbocycles. The van der Waals surface area contributed by atoms with Gasteiger partial charge in [0.15, 0.2) is 0 Å². The third kappa shape index (κ3) is 6.25. The number of carbonyl (C=O) groups is 1. The van der Waals surface area contributed by atoms with Gasteiger partial charge in [-0.05, 0) is 55.2 Å². The number of aryl methyl sites for hydroxylation is 2. The van der Waals surface area contributed by atoms with Gasteiger partial charge in [0.1, 0.15) is 5.75 Å². The van der Waals surface area contributed by atoms with E-state index in [4.69, 9.17) is 0 Å². The Morgan fingerprint density at radius 3 is 1.91 bits per heavy atom. The first-order chi connectivity index (χ1) is 11.0. The number of aromatic hydroxyl groups is 1. The van der Waals surface area contributed by atoms with E-state index in [-0.39, 0.29) is 5.92 Å². The van der Waals surface area contributed by atoms with E-state index < -0.39 is 5.97 Å². The molecule has 130 valence electrons. The first-order valence-corrected chi connectivity index (χ1v) is 9.09. The second kappa shape index (κ2) is 10.3. The van der Waals surface area contributed by atoms with Gasteiger partial charge in [-0.15, -0.1) is 0 Å². The molecule has 1 atom stereocenters. The molecule has 0 radical (unpaired) electrons. The zero-order valence-corrected chi connectivity index (χ0v) is 14.9. The minimum atomic E-state index is -0.717. The summed E-state index contributed by atoms with van der Waals surface area (Å²) in [7, 11) is 0. The van der Waals surface area contributed by atoms with Crippen LogP contribution in [0.2, 0.25) is 0 Å². The van der Waals surface area contributed by atoms with Crippen molar-refractivity contribution >= 4 is 5.97 Å². The van der Waals surface area contributed by atoms with Crippen molar-refractivity contribution in [1.82, 2.24) is 0 Å². The van der Waals surface area contributed by atoms with Gasteiger partial charge in [-0.2, -0.15) is 0 Å². The Labute approximate surface area is 140 Å². The van der Waals surface area contributed by atoms with Gasteiger partial charge >= 0.3 is 5.97 Å². The molecule has 1 aromatic carbocycles. The van der Waals surface area contributed by atoms with Crippen molar-refractivity contribution in [2.45, 2.75) is 78.6 Å². The molecule has 0 aromatic heterocycles. The fourth-order valence-electron chi connectivity index (χ4n) is 3.01. The van der Waals surface area contributed by atoms with Crippen LogP contribution in [0.1, 0.15) is 76.0 Å². The average Bonchev–Trinajstić information content (AvgIpc) is 2.53. The van der Waals surface area contributed by atoms with Gasteiger partial charge in [0.25, 0.3) is 0 Å². The Morgan fingerprint density at radius 2 is 1.52 bits per heavy atom. The summed E-state index contributed by atoms with van der Waals surface area (Å²) >= 11 is 0. The Hall–Kier alpha value is -1.51. The maximum atomic E-state index is 11.4. The smallest absolute Gasteiger partial charge is 0.306 e. The number of hydrogen-bond acceptors (Lipinski definition) is 2. The molecular weight excluding hydrogens is 288 g/mol. The largest absolute Gasteiger partial charge is 0.507 e. The lowest BCUT2D eigenvalue weighted by atomic mass is 9.90. The van der Waals surface area contributed by atoms with Crippen LogP contribution in [-0.2, 0) is 24.1 Å². The number of aliphatic carboxylic acids is 1. The normalized spacial score (nSPS) is 12.3. The fourth-order valence-corrected chi connectivity index (χ4v) is 3.01. The Morgan fingerprint density at radius 1 is 1.00 bits per heavy atom. The number of phenolic OH excluding ortho intramolecular Hbond substituents is 1. The van der Waals surface area contributed by atoms with Crippen LogP contribution >= 0.6 is 0 Å². The van der Waals surface area contributed by atoms with Crippen LogP contribution in [0.3, 0.4) is 0 Å². The van der Waals surface area contributed by atoms with Gasteiger partial charge in [0.05, 0.1) is 5.92 Å². The molecule has 0 aliphatic carbocycles. The highest BCUT2D eigenvalue weighted by molar-refractivity contribution is 5.70. The molecule has 3 heteroatoms. The molecular formula is C20H32O3. The maximum Gasteiger partial charge on any atom is 0.306 e. The molecule has 0 heterocycles. The van der Waals surface area contributed by atoms with Gasteiger partial charge in [-0.3, -0.25) is 4.79 Å². The second-order valence-electron chi connectivity index (χ2n) is 6.50. The Balaban J connectivity index is 3.06. The van der Waals surface area contributed by atoms with Gasteiger partial charge in [-0.1, -0.05) is 52.2 Å². The minimum Gasteiger partial charge on any atom is -0.507 e. The second-order valence-corrected chi connectivity index (χ2v) is 6.50. The molecule has 2 N–H and O–H groups in total. The van der Waals surface area contributed by atoms with E-state index in [0.717, 1.165) is 61.6 Å². The molecule has 0 fully saturated rings. The van der Waals surface area contributed by atoms with Crippen LogP contribution in [0, 0.1) is 5.92 Å². The number of unbranched alkanes of at least 4 members (excludes halogenated alkanes) is 2. The molecule has 0 aliphatic heterocycles. The van der Waals surface area contributed by atoms with Crippen molar-refractivity contribution in [3.8, 4) is 5.75 Å². The van der Waals surface area contributed by atoms with Crippen molar-refractivity contribution in [3.63, 3.8) is 0 Å². The molecule has 0 saturated heterocycles. The Bertz CT molecular complexity index is 465. The third-order valence-corrected chi connectivity index (χ3v) is 4.40. The summed E-state index contributed by atoms with van der Waals surface area (Å²) in [6.07, 6.45) is 8.11. The van der Waals surface area contributed by atoms with Crippen LogP contribution in [0.5, 0.6) is 5.75 Å². The van der Waals surface area contributed by atoms with Gasteiger partial charge in [-0.25, -0.2) is 0 Å². The van der Waals surface area contributed by atoms with E-state index in [9.17, 15) is 15.0 Å². The summed E-state index contributed by atoms with van der Waals surface area (Å²) in [5.74, 6) is -0.620. The average molecular weight is 320 g/mol. The standard InChI is InChI=1S/C20H32O3/c1-4-7-10-16-12-15(14-18(9-6-3)20(22)23)13-17(19(16)21)11-8-5-2/h12-13,18,21H,4-11,14H2,1-3H3,(H,22,23). The molecule has 23 heavy (non-hydrogen) atoms. The topological polar surface area (TPSA) is 57.5 Å². The molecule has 0 spiro atoms. The predicted octanol–water partition coefficient (Wildman–Crippen LogP) is 5.12. The van der Waals surface area contributed by atoms with Crippen molar-refractivity contribution in [2.24, 2.45) is 5.92 Å². The van der Waals surface area contributed by atoms with Crippen molar-refractivity contribution in [2.75, 3.05) is 0 Å². The van der Waals surface area contributed by atoms with Crippen LogP contribution in [-0.4, -0.2) is 16.2 Å². The number of carboxylic acid groups (broad SMARTS) is 1. The highest BCUT2D eigenvalue weighted by Crippen LogP contribution is 2.29. The summed E-state index contributed by atoms with van der Waals surface area (Å²) in [5.41, 5.74) is 3.02. The summed E-state index contributed by atoms with van der Waals surface area (Å²) in [5, 5.41) is 19.9. The SMILES string of the molecule is CCCCc1cc(CC(CCC)C(=O)O)cc(CCCC)c1O. The molecule has 1 unspecified atom stereocenters. The number of benzene rings is 1. The van der Waals surface area contributed by atoms with Crippen molar-refractivity contribution in [3.05, 3.63) is 28.8 Å². The monoisotopic (exact) mass is 320 g/mol. The fraction of sp³-hybridized carbons (Fsp3) is 0.650. The highest BCUT2D eigenvalue weighted by Gasteiger charge is 2.19. The third-order valence-electron chi connectivity index (χ3n) is 4.40. The molecule has 0 aliphatic rings. The molecule has 0 bridgehead atoms. The minimum absolute atomic E-state index is 0.331. The Kier molecular flexibility index (Phi) is 8.75. The van der Waals surface area contributed by atoms with E-state index in [2.05, 4.69) is 13.8 Å². The van der Waals surface area contributed by atoms with Crippen molar-refractivity contribution in [1.29, 1.82) is 0 Å². The zero-order chi connectivity index (χ0) is 17.2. The lowest BCUT2D eigenvalue weighted by Crippen LogP contribution is -2.16. The summed E-state index contributed by atoms with van der Waals surface area (Å²) in [4.78, 5) is 11.4. The molecule has 1 rings (SSSR count). The van der Waals surface area contributed by atoms with Crippen LogP contribution < -0.4 is 0 Å². The maximum absolute atomic E-state index is 11.4. The number of carboxylic acids is 1. The number of hydrogen-bond donors (Lipinski definition) is 2. The van der Waals surface area contributed by atoms with E-state index >= 15 is 0 Å². The lowest BCUT2D eigenvalue weighted by Gasteiger charge is -2.16. The van der Waals surface area contributed by atoms with E-state index in [1.54, 1.807) is 0 Å². The van der Waals surface area contributed by atoms with Gasteiger partial charge < -0.3 is 10.2 Å². The van der Waals surface area contributed by atoms with Crippen LogP contribution in [0.4, 0.5) is 0 Å².